The molecule has 1 unspecified atom stereocenters. The molecule has 0 aliphatic heterocycles. The second kappa shape index (κ2) is 8.00. The van der Waals surface area contributed by atoms with Gasteiger partial charge in [-0.3, -0.25) is 4.79 Å². The third-order valence-corrected chi connectivity index (χ3v) is 4.53. The molecular weight excluding hydrogens is 308 g/mol. The number of benzene rings is 1. The van der Waals surface area contributed by atoms with Gasteiger partial charge in [-0.25, -0.2) is 13.1 Å². The minimum Gasteiger partial charge on any atom is -0.497 e. The molecule has 2 N–H and O–H groups in total. The van der Waals surface area contributed by atoms with Gasteiger partial charge in [-0.05, 0) is 25.5 Å². The van der Waals surface area contributed by atoms with Crippen LogP contribution in [0.4, 0.5) is 0 Å². The molecule has 1 atom stereocenters. The van der Waals surface area contributed by atoms with E-state index in [9.17, 15) is 13.2 Å². The van der Waals surface area contributed by atoms with Crippen molar-refractivity contribution in [2.75, 3.05) is 20.8 Å². The minimum absolute atomic E-state index is 0.0108. The molecule has 0 aliphatic carbocycles. The van der Waals surface area contributed by atoms with Crippen LogP contribution in [0.15, 0.2) is 23.1 Å². The predicted molar refractivity (Wildman–Crippen MR) is 82.6 cm³/mol. The normalized spacial score (nSPS) is 12.5. The SMILES string of the molecule is CCC(C)NC(=O)CNS(=O)(=O)c1cc(OC)ccc1OC. The van der Waals surface area contributed by atoms with E-state index >= 15 is 0 Å². The first-order valence-corrected chi connectivity index (χ1v) is 8.33. The van der Waals surface area contributed by atoms with Gasteiger partial charge >= 0.3 is 0 Å². The zero-order chi connectivity index (χ0) is 16.8. The largest absolute Gasteiger partial charge is 0.497 e. The van der Waals surface area contributed by atoms with Crippen molar-refractivity contribution in [3.8, 4) is 11.5 Å². The van der Waals surface area contributed by atoms with E-state index in [1.165, 1.54) is 26.4 Å². The Morgan fingerprint density at radius 2 is 1.95 bits per heavy atom. The number of hydrogen-bond acceptors (Lipinski definition) is 5. The number of nitrogens with one attached hydrogen (secondary N) is 2. The molecule has 0 fully saturated rings. The van der Waals surface area contributed by atoms with Crippen molar-refractivity contribution in [2.45, 2.75) is 31.2 Å². The topological polar surface area (TPSA) is 93.7 Å². The molecule has 0 saturated heterocycles. The van der Waals surface area contributed by atoms with Gasteiger partial charge in [0.15, 0.2) is 0 Å². The van der Waals surface area contributed by atoms with Gasteiger partial charge in [0.2, 0.25) is 15.9 Å². The summed E-state index contributed by atoms with van der Waals surface area (Å²) in [4.78, 5) is 11.6. The zero-order valence-corrected chi connectivity index (χ0v) is 14.0. The summed E-state index contributed by atoms with van der Waals surface area (Å²) in [5.74, 6) is 0.167. The lowest BCUT2D eigenvalue weighted by Gasteiger charge is -2.14. The molecule has 7 nitrogen and oxygen atoms in total. The molecule has 0 saturated carbocycles. The Morgan fingerprint density at radius 3 is 2.50 bits per heavy atom. The second-order valence-corrected chi connectivity index (χ2v) is 6.45. The standard InChI is InChI=1S/C14H22N2O5S/c1-5-10(2)16-14(17)9-15-22(18,19)13-8-11(20-3)6-7-12(13)21-4/h6-8,10,15H,5,9H2,1-4H3,(H,16,17). The second-order valence-electron chi connectivity index (χ2n) is 4.72. The minimum atomic E-state index is -3.89. The highest BCUT2D eigenvalue weighted by Crippen LogP contribution is 2.27. The van der Waals surface area contributed by atoms with Crippen LogP contribution >= 0.6 is 0 Å². The van der Waals surface area contributed by atoms with Gasteiger partial charge in [-0.1, -0.05) is 6.92 Å². The lowest BCUT2D eigenvalue weighted by Crippen LogP contribution is -2.40. The molecule has 0 aliphatic rings. The number of hydrogen-bond donors (Lipinski definition) is 2. The highest BCUT2D eigenvalue weighted by Gasteiger charge is 2.21. The van der Waals surface area contributed by atoms with E-state index in [1.54, 1.807) is 6.07 Å². The summed E-state index contributed by atoms with van der Waals surface area (Å²) in [5, 5.41) is 2.68. The van der Waals surface area contributed by atoms with Crippen LogP contribution in [0, 0.1) is 0 Å². The smallest absolute Gasteiger partial charge is 0.244 e. The van der Waals surface area contributed by atoms with Crippen molar-refractivity contribution in [1.29, 1.82) is 0 Å². The molecular formula is C14H22N2O5S. The summed E-state index contributed by atoms with van der Waals surface area (Å²) in [6, 6.07) is 4.41. The van der Waals surface area contributed by atoms with Gasteiger partial charge in [-0.2, -0.15) is 0 Å². The Morgan fingerprint density at radius 1 is 1.27 bits per heavy atom. The average Bonchev–Trinajstić information content (AvgIpc) is 2.52. The van der Waals surface area contributed by atoms with Gasteiger partial charge in [0, 0.05) is 12.1 Å². The van der Waals surface area contributed by atoms with Gasteiger partial charge in [0.1, 0.15) is 16.4 Å². The first kappa shape index (κ1) is 18.2. The monoisotopic (exact) mass is 330 g/mol. The van der Waals surface area contributed by atoms with E-state index in [-0.39, 0.29) is 29.1 Å². The summed E-state index contributed by atoms with van der Waals surface area (Å²) in [6.07, 6.45) is 0.766. The quantitative estimate of drug-likeness (QED) is 0.738. The molecule has 1 aromatic carbocycles. The molecule has 0 radical (unpaired) electrons. The van der Waals surface area contributed by atoms with E-state index in [4.69, 9.17) is 9.47 Å². The predicted octanol–water partition coefficient (Wildman–Crippen LogP) is 0.897. The van der Waals surface area contributed by atoms with Crippen LogP contribution in [-0.4, -0.2) is 41.1 Å². The number of ether oxygens (including phenoxy) is 2. The summed E-state index contributed by atoms with van der Waals surface area (Å²) in [5.41, 5.74) is 0. The van der Waals surface area contributed by atoms with Gasteiger partial charge in [-0.15, -0.1) is 0 Å². The summed E-state index contributed by atoms with van der Waals surface area (Å²) in [6.45, 7) is 3.43. The van der Waals surface area contributed by atoms with Gasteiger partial charge in [0.25, 0.3) is 0 Å². The number of carbonyl (C=O) groups is 1. The number of methoxy groups -OCH3 is 2. The summed E-state index contributed by atoms with van der Waals surface area (Å²) >= 11 is 0. The van der Waals surface area contributed by atoms with Crippen LogP contribution in [0.1, 0.15) is 20.3 Å². The number of rotatable bonds is 8. The van der Waals surface area contributed by atoms with Gasteiger partial charge < -0.3 is 14.8 Å². The molecule has 1 rings (SSSR count). The maximum absolute atomic E-state index is 12.3. The number of carbonyl (C=O) groups excluding carboxylic acids is 1. The van der Waals surface area contributed by atoms with Crippen molar-refractivity contribution in [3.05, 3.63) is 18.2 Å². The fourth-order valence-electron chi connectivity index (χ4n) is 1.66. The van der Waals surface area contributed by atoms with Crippen LogP contribution < -0.4 is 19.5 Å². The van der Waals surface area contributed by atoms with Crippen LogP contribution in [0.25, 0.3) is 0 Å². The molecule has 0 spiro atoms. The Kier molecular flexibility index (Phi) is 6.63. The Labute approximate surface area is 131 Å². The molecule has 0 aromatic heterocycles. The van der Waals surface area contributed by atoms with E-state index in [0.717, 1.165) is 6.42 Å². The van der Waals surface area contributed by atoms with Crippen LogP contribution in [0.3, 0.4) is 0 Å². The lowest BCUT2D eigenvalue weighted by molar-refractivity contribution is -0.120. The van der Waals surface area contributed by atoms with E-state index in [1.807, 2.05) is 13.8 Å². The third-order valence-electron chi connectivity index (χ3n) is 3.10. The van der Waals surface area contributed by atoms with Crippen molar-refractivity contribution in [2.24, 2.45) is 0 Å². The van der Waals surface area contributed by atoms with Crippen molar-refractivity contribution >= 4 is 15.9 Å². The van der Waals surface area contributed by atoms with E-state index in [2.05, 4.69) is 10.0 Å². The maximum atomic E-state index is 12.3. The Bertz CT molecular complexity index is 616. The highest BCUT2D eigenvalue weighted by atomic mass is 32.2. The first-order valence-electron chi connectivity index (χ1n) is 6.85. The zero-order valence-electron chi connectivity index (χ0n) is 13.2. The molecule has 124 valence electrons. The summed E-state index contributed by atoms with van der Waals surface area (Å²) < 4.78 is 36.9. The van der Waals surface area contributed by atoms with Crippen molar-refractivity contribution < 1.29 is 22.7 Å². The molecule has 1 amide bonds. The fraction of sp³-hybridized carbons (Fsp3) is 0.500. The van der Waals surface area contributed by atoms with E-state index in [0.29, 0.717) is 5.75 Å². The number of amides is 1. The average molecular weight is 330 g/mol. The Balaban J connectivity index is 2.88. The fourth-order valence-corrected chi connectivity index (χ4v) is 2.82. The first-order chi connectivity index (χ1) is 10.3. The third kappa shape index (κ3) is 4.88. The molecule has 1 aromatic rings. The number of sulfonamides is 1. The van der Waals surface area contributed by atoms with Crippen LogP contribution in [0.5, 0.6) is 11.5 Å². The van der Waals surface area contributed by atoms with Gasteiger partial charge in [0.05, 0.1) is 20.8 Å². The van der Waals surface area contributed by atoms with Crippen LogP contribution in [0.2, 0.25) is 0 Å². The molecule has 22 heavy (non-hydrogen) atoms. The molecule has 8 heteroatoms. The lowest BCUT2D eigenvalue weighted by atomic mass is 10.2. The highest BCUT2D eigenvalue weighted by molar-refractivity contribution is 7.89. The van der Waals surface area contributed by atoms with Crippen molar-refractivity contribution in [3.63, 3.8) is 0 Å². The summed E-state index contributed by atoms with van der Waals surface area (Å²) in [7, 11) is -1.08. The van der Waals surface area contributed by atoms with E-state index < -0.39 is 10.0 Å². The molecule has 0 bridgehead atoms. The maximum Gasteiger partial charge on any atom is 0.244 e. The molecule has 0 heterocycles. The Hall–Kier alpha value is -1.80. The van der Waals surface area contributed by atoms with Crippen molar-refractivity contribution in [1.82, 2.24) is 10.0 Å². The van der Waals surface area contributed by atoms with Crippen LogP contribution in [-0.2, 0) is 14.8 Å².